The van der Waals surface area contributed by atoms with Gasteiger partial charge in [-0.1, -0.05) is 6.92 Å². The molecule has 1 aromatic heterocycles. The van der Waals surface area contributed by atoms with Crippen LogP contribution in [-0.4, -0.2) is 12.6 Å². The van der Waals surface area contributed by atoms with Crippen molar-refractivity contribution >= 4 is 16.7 Å². The number of hydrogen-bond donors (Lipinski definition) is 0. The number of hydrogen-bond acceptors (Lipinski definition) is 4. The zero-order chi connectivity index (χ0) is 15.4. The molecule has 0 saturated heterocycles. The molecule has 4 heteroatoms. The van der Waals surface area contributed by atoms with E-state index >= 15 is 0 Å². The first-order chi connectivity index (χ1) is 9.83. The fourth-order valence-electron chi connectivity index (χ4n) is 3.56. The summed E-state index contributed by atoms with van der Waals surface area (Å²) < 4.78 is 5.37. The van der Waals surface area contributed by atoms with Crippen LogP contribution in [0.1, 0.15) is 44.2 Å². The molecule has 2 heterocycles. The van der Waals surface area contributed by atoms with Crippen molar-refractivity contribution in [3.8, 4) is 0 Å². The Morgan fingerprint density at radius 3 is 2.71 bits per heavy atom. The van der Waals surface area contributed by atoms with E-state index in [9.17, 15) is 4.79 Å². The number of nitrogens with zero attached hydrogens (tertiary/aromatic N) is 1. The first-order valence-electron chi connectivity index (χ1n) is 7.26. The van der Waals surface area contributed by atoms with Crippen LogP contribution in [0.4, 0.5) is 5.69 Å². The van der Waals surface area contributed by atoms with E-state index < -0.39 is 0 Å². The fourth-order valence-corrected chi connectivity index (χ4v) is 3.56. The average Bonchev–Trinajstić information content (AvgIpc) is 2.36. The van der Waals surface area contributed by atoms with E-state index in [1.165, 1.54) is 5.56 Å². The monoisotopic (exact) mass is 287 g/mol. The van der Waals surface area contributed by atoms with Crippen LogP contribution in [0.15, 0.2) is 27.4 Å². The van der Waals surface area contributed by atoms with Crippen molar-refractivity contribution in [2.24, 2.45) is 0 Å². The van der Waals surface area contributed by atoms with Gasteiger partial charge in [0.2, 0.25) is 0 Å². The first-order valence-corrected chi connectivity index (χ1v) is 7.26. The maximum Gasteiger partial charge on any atom is 0.336 e. The van der Waals surface area contributed by atoms with Crippen LogP contribution in [0.5, 0.6) is 0 Å². The molecule has 1 atom stereocenters. The summed E-state index contributed by atoms with van der Waals surface area (Å²) >= 11 is 0. The predicted molar refractivity (Wildman–Crippen MR) is 83.8 cm³/mol. The number of aryl methyl sites for hydroxylation is 1. The van der Waals surface area contributed by atoms with Gasteiger partial charge in [-0.05, 0) is 50.3 Å². The molecule has 3 rings (SSSR count). The Balaban J connectivity index is 2.33. The molecule has 0 spiro atoms. The van der Waals surface area contributed by atoms with E-state index in [1.54, 1.807) is 13.2 Å². The van der Waals surface area contributed by atoms with Gasteiger partial charge in [0.05, 0.1) is 18.3 Å². The maximum absolute atomic E-state index is 11.6. The van der Waals surface area contributed by atoms with Crippen LogP contribution in [0, 0.1) is 6.92 Å². The lowest BCUT2D eigenvalue weighted by atomic mass is 9.81. The van der Waals surface area contributed by atoms with Crippen LogP contribution in [0.3, 0.4) is 0 Å². The highest BCUT2D eigenvalue weighted by atomic mass is 16.7. The van der Waals surface area contributed by atoms with Gasteiger partial charge in [-0.25, -0.2) is 9.86 Å². The van der Waals surface area contributed by atoms with Crippen molar-refractivity contribution < 1.29 is 9.25 Å². The lowest BCUT2D eigenvalue weighted by molar-refractivity contribution is 0.0918. The van der Waals surface area contributed by atoms with E-state index in [-0.39, 0.29) is 11.2 Å². The summed E-state index contributed by atoms with van der Waals surface area (Å²) in [5.74, 6) is 0.428. The highest BCUT2D eigenvalue weighted by Crippen LogP contribution is 2.44. The first kappa shape index (κ1) is 14.1. The second kappa shape index (κ2) is 4.60. The summed E-state index contributed by atoms with van der Waals surface area (Å²) in [6.07, 6.45) is 1.01. The SMILES string of the molecule is CON1c2cc3oc(=O)cc(C)c3cc2C(C)CC1(C)C. The summed E-state index contributed by atoms with van der Waals surface area (Å²) in [6, 6.07) is 5.61. The summed E-state index contributed by atoms with van der Waals surface area (Å²) in [4.78, 5) is 17.2. The van der Waals surface area contributed by atoms with Crippen LogP contribution < -0.4 is 10.7 Å². The van der Waals surface area contributed by atoms with Crippen molar-refractivity contribution in [1.29, 1.82) is 0 Å². The number of hydroxylamine groups is 1. The highest BCUT2D eigenvalue weighted by Gasteiger charge is 2.37. The second-order valence-corrected chi connectivity index (χ2v) is 6.55. The lowest BCUT2D eigenvalue weighted by Gasteiger charge is -2.45. The van der Waals surface area contributed by atoms with E-state index in [1.807, 2.05) is 18.1 Å². The van der Waals surface area contributed by atoms with Crippen molar-refractivity contribution in [3.05, 3.63) is 39.7 Å². The zero-order valence-corrected chi connectivity index (χ0v) is 13.2. The Morgan fingerprint density at radius 1 is 1.33 bits per heavy atom. The summed E-state index contributed by atoms with van der Waals surface area (Å²) in [5, 5.41) is 2.92. The average molecular weight is 287 g/mol. The van der Waals surface area contributed by atoms with Gasteiger partial charge >= 0.3 is 5.63 Å². The van der Waals surface area contributed by atoms with Gasteiger partial charge in [0.25, 0.3) is 0 Å². The standard InChI is InChI=1S/C17H21NO3/c1-10-6-16(19)21-15-8-14-12(7-13(10)15)11(2)9-17(3,4)18(14)20-5/h6-8,11H,9H2,1-5H3. The minimum Gasteiger partial charge on any atom is -0.423 e. The predicted octanol–water partition coefficient (Wildman–Crippen LogP) is 3.76. The molecule has 0 aliphatic carbocycles. The molecule has 1 aromatic carbocycles. The Bertz CT molecular complexity index is 760. The summed E-state index contributed by atoms with van der Waals surface area (Å²) in [6.45, 7) is 8.49. The van der Waals surface area contributed by atoms with Crippen molar-refractivity contribution in [1.82, 2.24) is 0 Å². The zero-order valence-electron chi connectivity index (χ0n) is 13.2. The molecule has 0 amide bonds. The largest absolute Gasteiger partial charge is 0.423 e. The highest BCUT2D eigenvalue weighted by molar-refractivity contribution is 5.86. The molecule has 4 nitrogen and oxygen atoms in total. The minimum absolute atomic E-state index is 0.0983. The van der Waals surface area contributed by atoms with Gasteiger partial charge in [-0.3, -0.25) is 4.84 Å². The molecule has 1 unspecified atom stereocenters. The van der Waals surface area contributed by atoms with Crippen LogP contribution in [0.2, 0.25) is 0 Å². The van der Waals surface area contributed by atoms with E-state index in [4.69, 9.17) is 9.25 Å². The topological polar surface area (TPSA) is 42.7 Å². The normalized spacial score (nSPS) is 20.6. The van der Waals surface area contributed by atoms with E-state index in [0.717, 1.165) is 23.1 Å². The minimum atomic E-state index is -0.313. The van der Waals surface area contributed by atoms with Crippen molar-refractivity contribution in [2.45, 2.75) is 45.6 Å². The molecule has 0 radical (unpaired) electrons. The molecule has 0 fully saturated rings. The number of rotatable bonds is 1. The number of benzene rings is 1. The molecule has 112 valence electrons. The van der Waals surface area contributed by atoms with Crippen molar-refractivity contribution in [2.75, 3.05) is 12.2 Å². The molecule has 0 N–H and O–H groups in total. The molecule has 2 aromatic rings. The van der Waals surface area contributed by atoms with Gasteiger partial charge in [0, 0.05) is 17.5 Å². The third kappa shape index (κ3) is 2.14. The van der Waals surface area contributed by atoms with E-state index in [2.05, 4.69) is 26.8 Å². The quantitative estimate of drug-likeness (QED) is 0.749. The maximum atomic E-state index is 11.6. The molecule has 1 aliphatic heterocycles. The Hall–Kier alpha value is -1.81. The van der Waals surface area contributed by atoms with Gasteiger partial charge in [0.1, 0.15) is 5.58 Å². The number of anilines is 1. The van der Waals surface area contributed by atoms with Gasteiger partial charge < -0.3 is 4.42 Å². The second-order valence-electron chi connectivity index (χ2n) is 6.55. The molecule has 0 saturated carbocycles. The van der Waals surface area contributed by atoms with Gasteiger partial charge in [-0.2, -0.15) is 0 Å². The third-order valence-electron chi connectivity index (χ3n) is 4.39. The summed E-state index contributed by atoms with van der Waals surface area (Å²) in [5.41, 5.74) is 3.38. The number of fused-ring (bicyclic) bond motifs is 2. The molecule has 0 bridgehead atoms. The molecule has 21 heavy (non-hydrogen) atoms. The third-order valence-corrected chi connectivity index (χ3v) is 4.39. The van der Waals surface area contributed by atoms with E-state index in [0.29, 0.717) is 11.5 Å². The Labute approximate surface area is 124 Å². The van der Waals surface area contributed by atoms with Gasteiger partial charge in [-0.15, -0.1) is 0 Å². The Morgan fingerprint density at radius 2 is 2.05 bits per heavy atom. The van der Waals surface area contributed by atoms with Crippen LogP contribution >= 0.6 is 0 Å². The fraction of sp³-hybridized carbons (Fsp3) is 0.471. The van der Waals surface area contributed by atoms with Gasteiger partial charge in [0.15, 0.2) is 0 Å². The van der Waals surface area contributed by atoms with Crippen LogP contribution in [0.25, 0.3) is 11.0 Å². The van der Waals surface area contributed by atoms with Crippen molar-refractivity contribution in [3.63, 3.8) is 0 Å². The molecular weight excluding hydrogens is 266 g/mol. The van der Waals surface area contributed by atoms with Crippen LogP contribution in [-0.2, 0) is 4.84 Å². The molecule has 1 aliphatic rings. The lowest BCUT2D eigenvalue weighted by Crippen LogP contribution is -2.47. The summed E-state index contributed by atoms with van der Waals surface area (Å²) in [7, 11) is 1.68. The smallest absolute Gasteiger partial charge is 0.336 e. The molecular formula is C17H21NO3. The Kier molecular flexibility index (Phi) is 3.10.